The Labute approximate surface area is 206 Å². The number of hydrogen-bond donors (Lipinski definition) is 1. The van der Waals surface area contributed by atoms with E-state index in [0.29, 0.717) is 34.7 Å². The highest BCUT2D eigenvalue weighted by Crippen LogP contribution is 2.44. The summed E-state index contributed by atoms with van der Waals surface area (Å²) in [5.74, 6) is -0.394. The van der Waals surface area contributed by atoms with Gasteiger partial charge in [0.15, 0.2) is 5.13 Å². The maximum absolute atomic E-state index is 13.3. The molecule has 8 heteroatoms. The molecule has 7 nitrogen and oxygen atoms in total. The number of aliphatic hydroxyl groups excluding tert-OH is 1. The highest BCUT2D eigenvalue weighted by atomic mass is 32.1. The van der Waals surface area contributed by atoms with Crippen LogP contribution in [-0.2, 0) is 9.59 Å². The van der Waals surface area contributed by atoms with Crippen LogP contribution in [0.15, 0.2) is 70.9 Å². The number of aromatic nitrogens is 1. The molecule has 1 fully saturated rings. The number of carbonyl (C=O) groups excluding carboxylic acids is 2. The first-order valence-electron chi connectivity index (χ1n) is 11.3. The Balaban J connectivity index is 1.61. The molecule has 0 aliphatic carbocycles. The van der Waals surface area contributed by atoms with Gasteiger partial charge in [-0.1, -0.05) is 37.3 Å². The first-order chi connectivity index (χ1) is 16.8. The molecule has 1 N–H and O–H groups in total. The number of rotatable bonds is 6. The molecule has 178 valence electrons. The monoisotopic (exact) mass is 488 g/mol. The SMILES string of the molecule is Cc1cc(/C(O)=C2\C(=O)C(=O)N(c3nc4ccccc4s3)C2c2ccco2)ccc1OCC(C)C. The molecule has 35 heavy (non-hydrogen) atoms. The van der Waals surface area contributed by atoms with Gasteiger partial charge in [0.2, 0.25) is 0 Å². The lowest BCUT2D eigenvalue weighted by Crippen LogP contribution is -2.29. The van der Waals surface area contributed by atoms with Crippen molar-refractivity contribution in [2.45, 2.75) is 26.8 Å². The van der Waals surface area contributed by atoms with Gasteiger partial charge >= 0.3 is 5.91 Å². The summed E-state index contributed by atoms with van der Waals surface area (Å²) in [6, 6.07) is 15.1. The van der Waals surface area contributed by atoms with Crippen LogP contribution in [0.5, 0.6) is 5.75 Å². The Kier molecular flexibility index (Phi) is 5.90. The van der Waals surface area contributed by atoms with Crippen LogP contribution in [0.3, 0.4) is 0 Å². The van der Waals surface area contributed by atoms with E-state index >= 15 is 0 Å². The number of hydrogen-bond acceptors (Lipinski definition) is 7. The van der Waals surface area contributed by atoms with Gasteiger partial charge in [0.1, 0.15) is 23.3 Å². The number of nitrogens with zero attached hydrogens (tertiary/aromatic N) is 2. The molecular formula is C27H24N2O5S. The number of ketones is 1. The van der Waals surface area contributed by atoms with Crippen molar-refractivity contribution in [2.75, 3.05) is 11.5 Å². The van der Waals surface area contributed by atoms with Crippen LogP contribution in [0.1, 0.15) is 36.8 Å². The van der Waals surface area contributed by atoms with Gasteiger partial charge in [-0.2, -0.15) is 0 Å². The Morgan fingerprint density at radius 1 is 1.17 bits per heavy atom. The number of anilines is 1. The lowest BCUT2D eigenvalue weighted by atomic mass is 9.98. The number of aryl methyl sites for hydroxylation is 1. The van der Waals surface area contributed by atoms with E-state index in [1.807, 2.05) is 31.2 Å². The first kappa shape index (κ1) is 22.9. The molecule has 1 saturated heterocycles. The average Bonchev–Trinajstić information content (AvgIpc) is 3.56. The highest BCUT2D eigenvalue weighted by molar-refractivity contribution is 7.22. The van der Waals surface area contributed by atoms with Crippen molar-refractivity contribution in [3.63, 3.8) is 0 Å². The summed E-state index contributed by atoms with van der Waals surface area (Å²) < 4.78 is 12.3. The number of fused-ring (bicyclic) bond motifs is 1. The molecular weight excluding hydrogens is 464 g/mol. The van der Waals surface area contributed by atoms with E-state index in [9.17, 15) is 14.7 Å². The topological polar surface area (TPSA) is 92.9 Å². The van der Waals surface area contributed by atoms with Crippen molar-refractivity contribution in [3.05, 3.63) is 83.3 Å². The van der Waals surface area contributed by atoms with Crippen LogP contribution >= 0.6 is 11.3 Å². The molecule has 4 aromatic rings. The van der Waals surface area contributed by atoms with Gasteiger partial charge in [-0.3, -0.25) is 14.5 Å². The van der Waals surface area contributed by atoms with E-state index in [4.69, 9.17) is 9.15 Å². The van der Waals surface area contributed by atoms with Crippen LogP contribution in [0.25, 0.3) is 16.0 Å². The number of benzene rings is 2. The van der Waals surface area contributed by atoms with Crippen LogP contribution < -0.4 is 9.64 Å². The molecule has 2 aromatic heterocycles. The quantitative estimate of drug-likeness (QED) is 0.208. The van der Waals surface area contributed by atoms with E-state index in [1.165, 1.54) is 22.5 Å². The normalized spacial score (nSPS) is 17.6. The first-order valence-corrected chi connectivity index (χ1v) is 12.1. The van der Waals surface area contributed by atoms with Crippen LogP contribution in [0, 0.1) is 12.8 Å². The third kappa shape index (κ3) is 4.10. The fourth-order valence-corrected chi connectivity index (χ4v) is 5.07. The van der Waals surface area contributed by atoms with E-state index in [2.05, 4.69) is 18.8 Å². The summed E-state index contributed by atoms with van der Waals surface area (Å²) in [5, 5.41) is 11.7. The van der Waals surface area contributed by atoms with E-state index < -0.39 is 17.7 Å². The molecule has 1 unspecified atom stereocenters. The third-order valence-corrected chi connectivity index (χ3v) is 6.80. The number of Topliss-reactive ketones (excluding diaryl/α,β-unsaturated/α-hetero) is 1. The fraction of sp³-hybridized carbons (Fsp3) is 0.222. The largest absolute Gasteiger partial charge is 0.507 e. The molecule has 1 atom stereocenters. The predicted molar refractivity (Wildman–Crippen MR) is 135 cm³/mol. The van der Waals surface area contributed by atoms with Crippen molar-refractivity contribution in [1.29, 1.82) is 0 Å². The minimum absolute atomic E-state index is 0.0422. The molecule has 1 aliphatic rings. The number of para-hydroxylation sites is 1. The van der Waals surface area contributed by atoms with Gasteiger partial charge in [0.05, 0.1) is 28.7 Å². The smallest absolute Gasteiger partial charge is 0.302 e. The molecule has 0 saturated carbocycles. The van der Waals surface area contributed by atoms with E-state index in [0.717, 1.165) is 15.8 Å². The van der Waals surface area contributed by atoms with E-state index in [1.54, 1.807) is 30.3 Å². The van der Waals surface area contributed by atoms with Gasteiger partial charge in [-0.25, -0.2) is 4.98 Å². The molecule has 1 amide bonds. The number of furan rings is 1. The molecule has 0 radical (unpaired) electrons. The maximum Gasteiger partial charge on any atom is 0.302 e. The average molecular weight is 489 g/mol. The van der Waals surface area contributed by atoms with Crippen molar-refractivity contribution < 1.29 is 23.8 Å². The Morgan fingerprint density at radius 2 is 1.97 bits per heavy atom. The Morgan fingerprint density at radius 3 is 2.66 bits per heavy atom. The third-order valence-electron chi connectivity index (χ3n) is 5.77. The number of carbonyl (C=O) groups is 2. The standard InChI is InChI=1S/C27H24N2O5S/c1-15(2)14-34-19-11-10-17(13-16(19)3)24(30)22-23(20-8-6-12-33-20)29(26(32)25(22)31)27-28-18-7-4-5-9-21(18)35-27/h4-13,15,23,30H,14H2,1-3H3/b24-22+. The van der Waals surface area contributed by atoms with Gasteiger partial charge in [-0.05, 0) is 60.9 Å². The van der Waals surface area contributed by atoms with Crippen molar-refractivity contribution in [2.24, 2.45) is 5.92 Å². The molecule has 2 aromatic carbocycles. The zero-order chi connectivity index (χ0) is 24.7. The minimum Gasteiger partial charge on any atom is -0.507 e. The maximum atomic E-state index is 13.3. The summed E-state index contributed by atoms with van der Waals surface area (Å²) in [6.07, 6.45) is 1.47. The summed E-state index contributed by atoms with van der Waals surface area (Å²) in [7, 11) is 0. The summed E-state index contributed by atoms with van der Waals surface area (Å²) in [5.41, 5.74) is 1.91. The number of aliphatic hydroxyl groups is 1. The van der Waals surface area contributed by atoms with Gasteiger partial charge in [0.25, 0.3) is 5.78 Å². The van der Waals surface area contributed by atoms with Crippen molar-refractivity contribution in [3.8, 4) is 5.75 Å². The fourth-order valence-electron chi connectivity index (χ4n) is 4.08. The second-order valence-electron chi connectivity index (χ2n) is 8.83. The molecule has 3 heterocycles. The summed E-state index contributed by atoms with van der Waals surface area (Å²) in [4.78, 5) is 32.4. The highest BCUT2D eigenvalue weighted by Gasteiger charge is 2.49. The zero-order valence-electron chi connectivity index (χ0n) is 19.5. The molecule has 0 bridgehead atoms. The van der Waals surface area contributed by atoms with Crippen LogP contribution in [-0.4, -0.2) is 28.4 Å². The number of ether oxygens (including phenoxy) is 1. The zero-order valence-corrected chi connectivity index (χ0v) is 20.3. The predicted octanol–water partition coefficient (Wildman–Crippen LogP) is 5.86. The van der Waals surface area contributed by atoms with Crippen molar-refractivity contribution >= 4 is 44.1 Å². The molecule has 5 rings (SSSR count). The Hall–Kier alpha value is -3.91. The summed E-state index contributed by atoms with van der Waals surface area (Å²) in [6.45, 7) is 6.57. The van der Waals surface area contributed by atoms with Crippen LogP contribution in [0.2, 0.25) is 0 Å². The molecule has 0 spiro atoms. The second-order valence-corrected chi connectivity index (χ2v) is 9.84. The van der Waals surface area contributed by atoms with Gasteiger partial charge < -0.3 is 14.3 Å². The van der Waals surface area contributed by atoms with Gasteiger partial charge in [-0.15, -0.1) is 0 Å². The van der Waals surface area contributed by atoms with Gasteiger partial charge in [0, 0.05) is 5.56 Å². The lowest BCUT2D eigenvalue weighted by Gasteiger charge is -2.20. The second kappa shape index (κ2) is 9.03. The Bertz CT molecular complexity index is 1420. The summed E-state index contributed by atoms with van der Waals surface area (Å²) >= 11 is 1.30. The number of thiazole rings is 1. The van der Waals surface area contributed by atoms with Crippen LogP contribution in [0.4, 0.5) is 5.13 Å². The minimum atomic E-state index is -0.942. The van der Waals surface area contributed by atoms with E-state index in [-0.39, 0.29) is 11.3 Å². The number of amides is 1. The lowest BCUT2D eigenvalue weighted by molar-refractivity contribution is -0.132. The van der Waals surface area contributed by atoms with Crippen molar-refractivity contribution in [1.82, 2.24) is 4.98 Å². The molecule has 1 aliphatic heterocycles.